The van der Waals surface area contributed by atoms with E-state index in [0.717, 1.165) is 0 Å². The highest BCUT2D eigenvalue weighted by Gasteiger charge is 2.24. The minimum Gasteiger partial charge on any atom is -0.467 e. The lowest BCUT2D eigenvalue weighted by atomic mass is 10.0. The van der Waals surface area contributed by atoms with Crippen molar-refractivity contribution in [2.45, 2.75) is 26.3 Å². The summed E-state index contributed by atoms with van der Waals surface area (Å²) in [6, 6.07) is 5.77. The molecular formula is C16H23N3O4. The van der Waals surface area contributed by atoms with Crippen molar-refractivity contribution in [3.63, 3.8) is 0 Å². The smallest absolute Gasteiger partial charge is 0.328 e. The van der Waals surface area contributed by atoms with Crippen LogP contribution in [0.1, 0.15) is 30.6 Å². The Bertz CT molecular complexity index is 572. The Morgan fingerprint density at radius 2 is 1.87 bits per heavy atom. The number of benzene rings is 1. The molecule has 0 aliphatic heterocycles. The minimum absolute atomic E-state index is 0.186. The third kappa shape index (κ3) is 5.71. The highest BCUT2D eigenvalue weighted by atomic mass is 16.5. The molecule has 0 radical (unpaired) electrons. The molecule has 1 rings (SSSR count). The number of para-hydroxylation sites is 1. The Balaban J connectivity index is 2.95. The number of rotatable bonds is 7. The Labute approximate surface area is 135 Å². The van der Waals surface area contributed by atoms with E-state index in [1.54, 1.807) is 24.3 Å². The number of carbonyl (C=O) groups is 3. The van der Waals surface area contributed by atoms with E-state index in [-0.39, 0.29) is 18.0 Å². The van der Waals surface area contributed by atoms with Gasteiger partial charge in [-0.1, -0.05) is 26.0 Å². The fourth-order valence-electron chi connectivity index (χ4n) is 2.06. The van der Waals surface area contributed by atoms with Gasteiger partial charge in [0.1, 0.15) is 6.04 Å². The van der Waals surface area contributed by atoms with Crippen molar-refractivity contribution in [3.8, 4) is 0 Å². The van der Waals surface area contributed by atoms with Crippen LogP contribution in [0.3, 0.4) is 0 Å². The summed E-state index contributed by atoms with van der Waals surface area (Å²) in [6.45, 7) is 3.70. The number of esters is 1. The predicted octanol–water partition coefficient (Wildman–Crippen LogP) is 0.901. The standard InChI is InChI=1S/C16H23N3O4/c1-10(2)8-13(16(22)23-3)19-15(21)11-6-4-5-7-12(11)18-14(20)9-17/h4-7,10,13H,8-9,17H2,1-3H3,(H,18,20)(H,19,21)/t13-/m1/s1. The first-order valence-corrected chi connectivity index (χ1v) is 7.36. The molecule has 0 unspecified atom stereocenters. The summed E-state index contributed by atoms with van der Waals surface area (Å²) in [5.41, 5.74) is 5.86. The first-order valence-electron chi connectivity index (χ1n) is 7.36. The van der Waals surface area contributed by atoms with Gasteiger partial charge in [-0.05, 0) is 24.5 Å². The number of methoxy groups -OCH3 is 1. The van der Waals surface area contributed by atoms with Crippen molar-refractivity contribution in [1.29, 1.82) is 0 Å². The predicted molar refractivity (Wildman–Crippen MR) is 86.9 cm³/mol. The molecule has 0 aliphatic rings. The SMILES string of the molecule is COC(=O)[C@@H](CC(C)C)NC(=O)c1ccccc1NC(=O)CN. The fourth-order valence-corrected chi connectivity index (χ4v) is 2.06. The number of hydrogen-bond acceptors (Lipinski definition) is 5. The van der Waals surface area contributed by atoms with Crippen LogP contribution in [0.5, 0.6) is 0 Å². The monoisotopic (exact) mass is 321 g/mol. The lowest BCUT2D eigenvalue weighted by Gasteiger charge is -2.19. The van der Waals surface area contributed by atoms with Gasteiger partial charge >= 0.3 is 5.97 Å². The van der Waals surface area contributed by atoms with Crippen molar-refractivity contribution in [3.05, 3.63) is 29.8 Å². The molecule has 0 saturated heterocycles. The molecule has 7 nitrogen and oxygen atoms in total. The van der Waals surface area contributed by atoms with E-state index in [1.807, 2.05) is 13.8 Å². The van der Waals surface area contributed by atoms with E-state index >= 15 is 0 Å². The molecule has 126 valence electrons. The molecule has 0 heterocycles. The molecule has 0 saturated carbocycles. The van der Waals surface area contributed by atoms with E-state index in [1.165, 1.54) is 7.11 Å². The molecule has 7 heteroatoms. The van der Waals surface area contributed by atoms with Crippen molar-refractivity contribution in [1.82, 2.24) is 5.32 Å². The summed E-state index contributed by atoms with van der Waals surface area (Å²) in [7, 11) is 1.28. The van der Waals surface area contributed by atoms with Crippen LogP contribution in [0.15, 0.2) is 24.3 Å². The van der Waals surface area contributed by atoms with Crippen LogP contribution in [0.4, 0.5) is 5.69 Å². The molecule has 4 N–H and O–H groups in total. The third-order valence-corrected chi connectivity index (χ3v) is 3.13. The molecule has 2 amide bonds. The largest absolute Gasteiger partial charge is 0.467 e. The molecule has 0 fully saturated rings. The van der Waals surface area contributed by atoms with Gasteiger partial charge in [0.2, 0.25) is 5.91 Å². The van der Waals surface area contributed by atoms with Gasteiger partial charge in [-0.3, -0.25) is 9.59 Å². The van der Waals surface area contributed by atoms with E-state index in [4.69, 9.17) is 10.5 Å². The fraction of sp³-hybridized carbons (Fsp3) is 0.438. The highest BCUT2D eigenvalue weighted by Crippen LogP contribution is 2.16. The van der Waals surface area contributed by atoms with Crippen LogP contribution in [0, 0.1) is 5.92 Å². The molecule has 1 aromatic carbocycles. The van der Waals surface area contributed by atoms with Crippen molar-refractivity contribution in [2.24, 2.45) is 11.7 Å². The maximum Gasteiger partial charge on any atom is 0.328 e. The van der Waals surface area contributed by atoms with Gasteiger partial charge in [-0.2, -0.15) is 0 Å². The average Bonchev–Trinajstić information content (AvgIpc) is 2.53. The van der Waals surface area contributed by atoms with Crippen LogP contribution in [0.2, 0.25) is 0 Å². The second kappa shape index (κ2) is 8.89. The summed E-state index contributed by atoms with van der Waals surface area (Å²) in [6.07, 6.45) is 0.454. The van der Waals surface area contributed by atoms with Crippen molar-refractivity contribution in [2.75, 3.05) is 19.0 Å². The van der Waals surface area contributed by atoms with Gasteiger partial charge in [0, 0.05) is 0 Å². The van der Waals surface area contributed by atoms with E-state index in [2.05, 4.69) is 10.6 Å². The van der Waals surface area contributed by atoms with Gasteiger partial charge in [-0.25, -0.2) is 4.79 Å². The van der Waals surface area contributed by atoms with Crippen molar-refractivity contribution < 1.29 is 19.1 Å². The van der Waals surface area contributed by atoms with E-state index < -0.39 is 23.8 Å². The molecule has 0 bridgehead atoms. The number of hydrogen-bond donors (Lipinski definition) is 3. The quantitative estimate of drug-likeness (QED) is 0.646. The minimum atomic E-state index is -0.745. The first kappa shape index (κ1) is 18.6. The average molecular weight is 321 g/mol. The number of carbonyl (C=O) groups excluding carboxylic acids is 3. The first-order chi connectivity index (χ1) is 10.9. The summed E-state index contributed by atoms with van der Waals surface area (Å²) in [5, 5.41) is 5.21. The summed E-state index contributed by atoms with van der Waals surface area (Å²) in [5.74, 6) is -1.17. The zero-order valence-corrected chi connectivity index (χ0v) is 13.6. The summed E-state index contributed by atoms with van der Waals surface area (Å²) >= 11 is 0. The zero-order chi connectivity index (χ0) is 17.4. The number of nitrogens with one attached hydrogen (secondary N) is 2. The van der Waals surface area contributed by atoms with Crippen LogP contribution in [-0.4, -0.2) is 37.5 Å². The van der Waals surface area contributed by atoms with E-state index in [9.17, 15) is 14.4 Å². The molecule has 1 aromatic rings. The van der Waals surface area contributed by atoms with Crippen molar-refractivity contribution >= 4 is 23.5 Å². The Morgan fingerprint density at radius 3 is 2.43 bits per heavy atom. The Kier molecular flexibility index (Phi) is 7.21. The summed E-state index contributed by atoms with van der Waals surface area (Å²) in [4.78, 5) is 35.7. The lowest BCUT2D eigenvalue weighted by molar-refractivity contribution is -0.143. The number of amides is 2. The molecule has 0 aromatic heterocycles. The van der Waals surface area contributed by atoms with E-state index in [0.29, 0.717) is 12.1 Å². The van der Waals surface area contributed by atoms with Crippen LogP contribution in [0.25, 0.3) is 0 Å². The Morgan fingerprint density at radius 1 is 1.22 bits per heavy atom. The maximum absolute atomic E-state index is 12.4. The van der Waals surface area contributed by atoms with Crippen LogP contribution in [-0.2, 0) is 14.3 Å². The molecule has 1 atom stereocenters. The topological polar surface area (TPSA) is 111 Å². The maximum atomic E-state index is 12.4. The van der Waals surface area contributed by atoms with Crippen LogP contribution < -0.4 is 16.4 Å². The number of anilines is 1. The third-order valence-electron chi connectivity index (χ3n) is 3.13. The molecule has 23 heavy (non-hydrogen) atoms. The number of ether oxygens (including phenoxy) is 1. The number of nitrogens with two attached hydrogens (primary N) is 1. The molecule has 0 aliphatic carbocycles. The summed E-state index contributed by atoms with van der Waals surface area (Å²) < 4.78 is 4.72. The Hall–Kier alpha value is -2.41. The second-order valence-corrected chi connectivity index (χ2v) is 5.48. The van der Waals surface area contributed by atoms with Gasteiger partial charge < -0.3 is 21.1 Å². The van der Waals surface area contributed by atoms with Gasteiger partial charge in [0.05, 0.1) is 24.9 Å². The van der Waals surface area contributed by atoms with Gasteiger partial charge in [0.25, 0.3) is 5.91 Å². The van der Waals surface area contributed by atoms with Gasteiger partial charge in [-0.15, -0.1) is 0 Å². The second-order valence-electron chi connectivity index (χ2n) is 5.48. The molecular weight excluding hydrogens is 298 g/mol. The lowest BCUT2D eigenvalue weighted by Crippen LogP contribution is -2.42. The van der Waals surface area contributed by atoms with Crippen LogP contribution >= 0.6 is 0 Å². The normalized spacial score (nSPS) is 11.7. The zero-order valence-electron chi connectivity index (χ0n) is 13.6. The van der Waals surface area contributed by atoms with Gasteiger partial charge in [0.15, 0.2) is 0 Å². The molecule has 0 spiro atoms. The highest BCUT2D eigenvalue weighted by molar-refractivity contribution is 6.05.